The molecule has 1 aromatic carbocycles. The molecule has 1 atom stereocenters. The molecule has 1 unspecified atom stereocenters. The molecule has 0 fully saturated rings. The van der Waals surface area contributed by atoms with Gasteiger partial charge in [-0.25, -0.2) is 23.2 Å². The Hall–Kier alpha value is -2.84. The molecule has 9 nitrogen and oxygen atoms in total. The summed E-state index contributed by atoms with van der Waals surface area (Å²) in [5, 5.41) is 0. The number of pyridine rings is 1. The summed E-state index contributed by atoms with van der Waals surface area (Å²) >= 11 is -3.27. The second kappa shape index (κ2) is 7.35. The first-order chi connectivity index (χ1) is 14.8. The average Bonchev–Trinajstić information content (AvgIpc) is 3.26. The third-order valence-electron chi connectivity index (χ3n) is 4.90. The summed E-state index contributed by atoms with van der Waals surface area (Å²) < 4.78 is 83.5. The van der Waals surface area contributed by atoms with E-state index in [1.807, 2.05) is 0 Å². The first kappa shape index (κ1) is 22.4. The van der Waals surface area contributed by atoms with Crippen LogP contribution in [0, 0.1) is 0 Å². The molecule has 0 spiro atoms. The van der Waals surface area contributed by atoms with E-state index in [9.17, 15) is 30.9 Å². The fraction of sp³-hybridized carbons (Fsp3) is 0.278. The van der Waals surface area contributed by atoms with Crippen molar-refractivity contribution < 1.29 is 30.6 Å². The van der Waals surface area contributed by atoms with Crippen molar-refractivity contribution in [3.05, 3.63) is 34.7 Å². The lowest BCUT2D eigenvalue weighted by molar-refractivity contribution is -0.0435. The fourth-order valence-electron chi connectivity index (χ4n) is 3.19. The van der Waals surface area contributed by atoms with E-state index in [1.165, 1.54) is 36.2 Å². The van der Waals surface area contributed by atoms with Crippen LogP contribution in [0.25, 0.3) is 33.8 Å². The Morgan fingerprint density at radius 2 is 1.84 bits per heavy atom. The van der Waals surface area contributed by atoms with Crippen LogP contribution >= 0.6 is 0 Å². The normalized spacial score (nSPS) is 13.8. The van der Waals surface area contributed by atoms with Gasteiger partial charge in [-0.05, 0) is 18.2 Å². The zero-order chi connectivity index (χ0) is 23.6. The molecule has 0 bridgehead atoms. The second-order valence-electron chi connectivity index (χ2n) is 6.84. The number of halogens is 3. The summed E-state index contributed by atoms with van der Waals surface area (Å²) in [4.78, 5) is 19.9. The first-order valence-electron chi connectivity index (χ1n) is 9.04. The molecular weight excluding hydrogens is 473 g/mol. The van der Waals surface area contributed by atoms with Gasteiger partial charge < -0.3 is 8.97 Å². The van der Waals surface area contributed by atoms with Crippen LogP contribution in [0.5, 0.6) is 0 Å². The van der Waals surface area contributed by atoms with Gasteiger partial charge in [0.25, 0.3) is 0 Å². The lowest BCUT2D eigenvalue weighted by atomic mass is 10.3. The third kappa shape index (κ3) is 3.47. The second-order valence-corrected chi connectivity index (χ2v) is 10.6. The van der Waals surface area contributed by atoms with Crippen molar-refractivity contribution in [1.29, 1.82) is 0 Å². The number of rotatable bonds is 4. The molecule has 0 saturated heterocycles. The summed E-state index contributed by atoms with van der Waals surface area (Å²) in [6, 6.07) is 4.39. The Morgan fingerprint density at radius 3 is 2.47 bits per heavy atom. The van der Waals surface area contributed by atoms with Crippen LogP contribution < -0.4 is 5.69 Å². The van der Waals surface area contributed by atoms with Crippen molar-refractivity contribution in [1.82, 2.24) is 19.1 Å². The Morgan fingerprint density at radius 1 is 1.16 bits per heavy atom. The summed E-state index contributed by atoms with van der Waals surface area (Å²) in [5.74, 6) is -0.539. The number of aromatic nitrogens is 4. The summed E-state index contributed by atoms with van der Waals surface area (Å²) in [5.41, 5.74) is -5.13. The number of fused-ring (bicyclic) bond motifs is 2. The molecule has 4 aromatic rings. The zero-order valence-electron chi connectivity index (χ0n) is 16.8. The van der Waals surface area contributed by atoms with Crippen LogP contribution in [-0.2, 0) is 35.1 Å². The molecule has 0 aliphatic rings. The van der Waals surface area contributed by atoms with Crippen molar-refractivity contribution in [3.8, 4) is 11.6 Å². The first-order valence-corrected chi connectivity index (χ1v) is 11.8. The highest BCUT2D eigenvalue weighted by molar-refractivity contribution is 7.92. The van der Waals surface area contributed by atoms with Crippen LogP contribution in [0.1, 0.15) is 6.92 Å². The molecule has 0 amide bonds. The average molecular weight is 488 g/mol. The molecule has 0 saturated carbocycles. The van der Waals surface area contributed by atoms with Crippen molar-refractivity contribution in [3.63, 3.8) is 0 Å². The summed E-state index contributed by atoms with van der Waals surface area (Å²) in [6.45, 7) is 1.43. The van der Waals surface area contributed by atoms with Crippen molar-refractivity contribution in [2.24, 2.45) is 14.1 Å². The maximum Gasteiger partial charge on any atom is 0.578 e. The minimum atomic E-state index is -4.95. The molecule has 0 aliphatic heterocycles. The van der Waals surface area contributed by atoms with Gasteiger partial charge in [0.15, 0.2) is 26.0 Å². The topological polar surface area (TPSA) is 123 Å². The number of benzene rings is 1. The third-order valence-corrected chi connectivity index (χ3v) is 7.75. The Kier molecular flexibility index (Phi) is 5.14. The Labute approximate surface area is 181 Å². The van der Waals surface area contributed by atoms with Crippen LogP contribution in [0.2, 0.25) is 0 Å². The minimum Gasteiger partial charge on any atom is -0.604 e. The molecule has 0 aliphatic carbocycles. The minimum absolute atomic E-state index is 0.0478. The number of hydrogen-bond donors (Lipinski definition) is 0. The predicted octanol–water partition coefficient (Wildman–Crippen LogP) is 2.50. The largest absolute Gasteiger partial charge is 0.604 e. The van der Waals surface area contributed by atoms with Crippen LogP contribution in [-0.4, -0.2) is 43.3 Å². The molecule has 3 aromatic heterocycles. The number of alkyl halides is 3. The molecule has 0 N–H and O–H groups in total. The smallest absolute Gasteiger partial charge is 0.578 e. The van der Waals surface area contributed by atoms with Crippen molar-refractivity contribution in [2.75, 3.05) is 5.75 Å². The van der Waals surface area contributed by atoms with E-state index in [1.54, 1.807) is 0 Å². The summed E-state index contributed by atoms with van der Waals surface area (Å²) in [6.07, 6.45) is 0. The Bertz CT molecular complexity index is 1540. The van der Waals surface area contributed by atoms with Gasteiger partial charge in [0, 0.05) is 20.2 Å². The van der Waals surface area contributed by atoms with Gasteiger partial charge in [0.1, 0.15) is 16.1 Å². The number of aryl methyl sites for hydroxylation is 2. The highest BCUT2D eigenvalue weighted by Crippen LogP contribution is 2.34. The van der Waals surface area contributed by atoms with Crippen LogP contribution in [0.4, 0.5) is 13.2 Å². The number of sulfone groups is 1. The van der Waals surface area contributed by atoms with Gasteiger partial charge >= 0.3 is 11.2 Å². The van der Waals surface area contributed by atoms with E-state index in [4.69, 9.17) is 4.42 Å². The molecule has 14 heteroatoms. The van der Waals surface area contributed by atoms with E-state index in [0.29, 0.717) is 0 Å². The zero-order valence-corrected chi connectivity index (χ0v) is 18.4. The number of oxazole rings is 1. The monoisotopic (exact) mass is 488 g/mol. The van der Waals surface area contributed by atoms with Crippen molar-refractivity contribution in [2.45, 2.75) is 22.2 Å². The van der Waals surface area contributed by atoms with E-state index in [0.717, 1.165) is 18.2 Å². The van der Waals surface area contributed by atoms with E-state index < -0.39 is 37.1 Å². The highest BCUT2D eigenvalue weighted by Gasteiger charge is 2.46. The lowest BCUT2D eigenvalue weighted by Crippen LogP contribution is -2.23. The molecule has 4 rings (SSSR count). The van der Waals surface area contributed by atoms with E-state index in [-0.39, 0.29) is 44.5 Å². The molecule has 170 valence electrons. The van der Waals surface area contributed by atoms with Gasteiger partial charge in [0.2, 0.25) is 5.89 Å². The van der Waals surface area contributed by atoms with Gasteiger partial charge in [-0.1, -0.05) is 6.92 Å². The standard InChI is InChI=1S/C18H15F3N4O5S2/c1-4-32(28,29)13-8-11-15(25(3)17(26)24(11)2)23-14(13)16-22-10-7-9(5-6-12(10)30-16)31(27)18(19,20)21/h5-8H,4H2,1-3H3. The Balaban J connectivity index is 1.98. The van der Waals surface area contributed by atoms with Crippen molar-refractivity contribution >= 4 is 43.3 Å². The van der Waals surface area contributed by atoms with Crippen LogP contribution in [0.3, 0.4) is 0 Å². The number of imidazole rings is 1. The van der Waals surface area contributed by atoms with Gasteiger partial charge in [-0.3, -0.25) is 9.13 Å². The van der Waals surface area contributed by atoms with E-state index in [2.05, 4.69) is 9.97 Å². The SMILES string of the molecule is CCS(=O)(=O)c1cc2c(nc1-c1nc3cc([S+]([O-])C(F)(F)F)ccc3o1)n(C)c(=O)n2C. The molecular formula is C18H15F3N4O5S2. The lowest BCUT2D eigenvalue weighted by Gasteiger charge is -2.11. The van der Waals surface area contributed by atoms with Gasteiger partial charge in [-0.15, -0.1) is 13.2 Å². The van der Waals surface area contributed by atoms with Gasteiger partial charge in [0.05, 0.1) is 22.4 Å². The number of hydrogen-bond acceptors (Lipinski definition) is 7. The highest BCUT2D eigenvalue weighted by atomic mass is 32.2. The molecule has 0 radical (unpaired) electrons. The maximum atomic E-state index is 12.8. The fourth-order valence-corrected chi connectivity index (χ4v) is 4.90. The van der Waals surface area contributed by atoms with Crippen LogP contribution in [0.15, 0.2) is 43.3 Å². The quantitative estimate of drug-likeness (QED) is 0.405. The predicted molar refractivity (Wildman–Crippen MR) is 109 cm³/mol. The maximum absolute atomic E-state index is 12.8. The summed E-state index contributed by atoms with van der Waals surface area (Å²) in [7, 11) is -0.925. The van der Waals surface area contributed by atoms with Gasteiger partial charge in [-0.2, -0.15) is 0 Å². The van der Waals surface area contributed by atoms with E-state index >= 15 is 0 Å². The molecule has 32 heavy (non-hydrogen) atoms. The number of nitrogens with zero attached hydrogens (tertiary/aromatic N) is 4. The molecule has 3 heterocycles.